The molecule has 0 bridgehead atoms. The molecule has 0 fully saturated rings. The van der Waals surface area contributed by atoms with Gasteiger partial charge in [0.05, 0.1) is 6.54 Å². The largest absolute Gasteiger partial charge is 0.460 e. The Labute approximate surface area is 143 Å². The maximum absolute atomic E-state index is 8.71. The molecule has 2 aromatic rings. The van der Waals surface area contributed by atoms with E-state index in [4.69, 9.17) is 21.1 Å². The molecule has 2 N–H and O–H groups in total. The fraction of sp³-hybridized carbons (Fsp3) is 0.412. The Balaban J connectivity index is 0.00000242. The van der Waals surface area contributed by atoms with Crippen LogP contribution in [0.3, 0.4) is 0 Å². The summed E-state index contributed by atoms with van der Waals surface area (Å²) in [5.74, 6) is 1.78. The van der Waals surface area contributed by atoms with Gasteiger partial charge >= 0.3 is 0 Å². The quantitative estimate of drug-likeness (QED) is 0.689. The summed E-state index contributed by atoms with van der Waals surface area (Å²) in [6.45, 7) is 3.94. The van der Waals surface area contributed by atoms with Crippen molar-refractivity contribution in [2.45, 2.75) is 32.7 Å². The molecule has 0 atom stereocenters. The van der Waals surface area contributed by atoms with E-state index >= 15 is 0 Å². The van der Waals surface area contributed by atoms with Crippen molar-refractivity contribution in [3.05, 3.63) is 46.7 Å². The van der Waals surface area contributed by atoms with E-state index < -0.39 is 0 Å². The predicted octanol–water partition coefficient (Wildman–Crippen LogP) is 4.58. The molecule has 0 aliphatic carbocycles. The molecular formula is C17H23Cl2NO2. The maximum atomic E-state index is 8.71. The maximum Gasteiger partial charge on any atom is 0.134 e. The van der Waals surface area contributed by atoms with Gasteiger partial charge in [-0.3, -0.25) is 0 Å². The molecule has 0 unspecified atom stereocenters. The van der Waals surface area contributed by atoms with Crippen LogP contribution >= 0.6 is 24.0 Å². The summed E-state index contributed by atoms with van der Waals surface area (Å²) in [7, 11) is 0. The van der Waals surface area contributed by atoms with E-state index in [0.717, 1.165) is 60.0 Å². The summed E-state index contributed by atoms with van der Waals surface area (Å²) in [5, 5.41) is 12.8. The van der Waals surface area contributed by atoms with Gasteiger partial charge in [-0.05, 0) is 56.5 Å². The first-order valence-electron chi connectivity index (χ1n) is 7.38. The topological polar surface area (TPSA) is 45.4 Å². The van der Waals surface area contributed by atoms with E-state index in [0.29, 0.717) is 0 Å². The minimum Gasteiger partial charge on any atom is -0.460 e. The molecule has 5 heteroatoms. The first-order chi connectivity index (χ1) is 10.2. The highest BCUT2D eigenvalue weighted by Crippen LogP contribution is 2.29. The number of hydrogen-bond acceptors (Lipinski definition) is 3. The molecular weight excluding hydrogens is 321 g/mol. The van der Waals surface area contributed by atoms with Gasteiger partial charge in [0.15, 0.2) is 0 Å². The molecule has 0 saturated carbocycles. The zero-order chi connectivity index (χ0) is 15.1. The number of unbranched alkanes of at least 4 members (excludes halogenated alkanes) is 2. The van der Waals surface area contributed by atoms with E-state index in [2.05, 4.69) is 5.32 Å². The lowest BCUT2D eigenvalue weighted by Gasteiger charge is -2.05. The Morgan fingerprint density at radius 2 is 1.95 bits per heavy atom. The van der Waals surface area contributed by atoms with E-state index in [1.165, 1.54) is 0 Å². The first kappa shape index (κ1) is 19.0. The average molecular weight is 344 g/mol. The van der Waals surface area contributed by atoms with Gasteiger partial charge in [0.2, 0.25) is 0 Å². The molecule has 0 radical (unpaired) electrons. The zero-order valence-electron chi connectivity index (χ0n) is 12.8. The van der Waals surface area contributed by atoms with E-state index in [1.807, 2.05) is 37.3 Å². The highest BCUT2D eigenvalue weighted by atomic mass is 35.5. The van der Waals surface area contributed by atoms with Crippen LogP contribution in [0.4, 0.5) is 0 Å². The molecule has 1 aromatic heterocycles. The second-order valence-electron chi connectivity index (χ2n) is 5.14. The third-order valence-electron chi connectivity index (χ3n) is 3.51. The second kappa shape index (κ2) is 9.90. The molecule has 0 saturated heterocycles. The number of aliphatic hydroxyl groups is 1. The van der Waals surface area contributed by atoms with E-state index in [9.17, 15) is 0 Å². The van der Waals surface area contributed by atoms with Crippen molar-refractivity contribution in [1.29, 1.82) is 0 Å². The molecule has 0 amide bonds. The van der Waals surface area contributed by atoms with Crippen LogP contribution in [-0.4, -0.2) is 18.3 Å². The van der Waals surface area contributed by atoms with Crippen molar-refractivity contribution in [2.24, 2.45) is 0 Å². The number of rotatable bonds is 8. The Morgan fingerprint density at radius 1 is 1.14 bits per heavy atom. The van der Waals surface area contributed by atoms with Gasteiger partial charge in [0.25, 0.3) is 0 Å². The summed E-state index contributed by atoms with van der Waals surface area (Å²) in [6.07, 6.45) is 3.00. The van der Waals surface area contributed by atoms with Gasteiger partial charge in [0.1, 0.15) is 11.5 Å². The Hall–Kier alpha value is -1.00. The molecule has 3 nitrogen and oxygen atoms in total. The SMILES string of the molecule is Cc1c(Cl)cccc1-c1ccc(CNCCCCCO)o1.Cl. The fourth-order valence-corrected chi connectivity index (χ4v) is 2.42. The summed E-state index contributed by atoms with van der Waals surface area (Å²) < 4.78 is 5.87. The monoisotopic (exact) mass is 343 g/mol. The van der Waals surface area contributed by atoms with Crippen LogP contribution in [0.15, 0.2) is 34.7 Å². The second-order valence-corrected chi connectivity index (χ2v) is 5.55. The van der Waals surface area contributed by atoms with Gasteiger partial charge < -0.3 is 14.8 Å². The summed E-state index contributed by atoms with van der Waals surface area (Å²) in [5.41, 5.74) is 2.08. The smallest absolute Gasteiger partial charge is 0.134 e. The lowest BCUT2D eigenvalue weighted by Crippen LogP contribution is -2.14. The third kappa shape index (κ3) is 5.33. The summed E-state index contributed by atoms with van der Waals surface area (Å²) in [4.78, 5) is 0. The van der Waals surface area contributed by atoms with Gasteiger partial charge in [-0.25, -0.2) is 0 Å². The van der Waals surface area contributed by atoms with Crippen molar-refractivity contribution >= 4 is 24.0 Å². The van der Waals surface area contributed by atoms with Gasteiger partial charge in [0, 0.05) is 17.2 Å². The van der Waals surface area contributed by atoms with Crippen molar-refractivity contribution in [3.63, 3.8) is 0 Å². The average Bonchev–Trinajstić information content (AvgIpc) is 2.94. The van der Waals surface area contributed by atoms with Crippen LogP contribution < -0.4 is 5.32 Å². The molecule has 1 heterocycles. The van der Waals surface area contributed by atoms with Crippen LogP contribution in [0.1, 0.15) is 30.6 Å². The number of halogens is 2. The fourth-order valence-electron chi connectivity index (χ4n) is 2.24. The molecule has 122 valence electrons. The third-order valence-corrected chi connectivity index (χ3v) is 3.92. The van der Waals surface area contributed by atoms with Gasteiger partial charge in [-0.15, -0.1) is 12.4 Å². The molecule has 0 aliphatic heterocycles. The van der Waals surface area contributed by atoms with Crippen molar-refractivity contribution < 1.29 is 9.52 Å². The van der Waals surface area contributed by atoms with Crippen LogP contribution in [0.5, 0.6) is 0 Å². The lowest BCUT2D eigenvalue weighted by molar-refractivity contribution is 0.282. The molecule has 2 rings (SSSR count). The van der Waals surface area contributed by atoms with Gasteiger partial charge in [-0.2, -0.15) is 0 Å². The molecule has 1 aromatic carbocycles. The first-order valence-corrected chi connectivity index (χ1v) is 7.76. The summed E-state index contributed by atoms with van der Waals surface area (Å²) in [6, 6.07) is 9.83. The number of aliphatic hydroxyl groups excluding tert-OH is 1. The molecule has 22 heavy (non-hydrogen) atoms. The van der Waals surface area contributed by atoms with Gasteiger partial charge in [-0.1, -0.05) is 23.7 Å². The number of benzene rings is 1. The van der Waals surface area contributed by atoms with Crippen LogP contribution in [0.25, 0.3) is 11.3 Å². The van der Waals surface area contributed by atoms with Crippen LogP contribution in [0.2, 0.25) is 5.02 Å². The highest BCUT2D eigenvalue weighted by molar-refractivity contribution is 6.31. The number of hydrogen-bond donors (Lipinski definition) is 2. The van der Waals surface area contributed by atoms with Crippen molar-refractivity contribution in [3.8, 4) is 11.3 Å². The van der Waals surface area contributed by atoms with E-state index in [1.54, 1.807) is 0 Å². The normalized spacial score (nSPS) is 10.5. The number of nitrogens with one attached hydrogen (secondary N) is 1. The minimum atomic E-state index is 0. The number of furan rings is 1. The van der Waals surface area contributed by atoms with Crippen molar-refractivity contribution in [1.82, 2.24) is 5.32 Å². The molecule has 0 spiro atoms. The van der Waals surface area contributed by atoms with Crippen LogP contribution in [-0.2, 0) is 6.54 Å². The summed E-state index contributed by atoms with van der Waals surface area (Å²) >= 11 is 6.14. The van der Waals surface area contributed by atoms with Crippen LogP contribution in [0, 0.1) is 6.92 Å². The van der Waals surface area contributed by atoms with Crippen molar-refractivity contribution in [2.75, 3.05) is 13.2 Å². The zero-order valence-corrected chi connectivity index (χ0v) is 14.3. The predicted molar refractivity (Wildman–Crippen MR) is 93.8 cm³/mol. The highest BCUT2D eigenvalue weighted by Gasteiger charge is 2.09. The Morgan fingerprint density at radius 3 is 2.73 bits per heavy atom. The minimum absolute atomic E-state index is 0. The Kier molecular flexibility index (Phi) is 8.57. The Bertz CT molecular complexity index is 570. The lowest BCUT2D eigenvalue weighted by atomic mass is 10.1. The standard InChI is InChI=1S/C17H22ClNO2.ClH/c1-13-15(6-5-7-16(13)18)17-9-8-14(21-17)12-19-10-3-2-4-11-20;/h5-9,19-20H,2-4,10-12H2,1H3;1H. The van der Waals surface area contributed by atoms with E-state index in [-0.39, 0.29) is 19.0 Å². The molecule has 0 aliphatic rings.